The number of rotatable bonds is 1. The van der Waals surface area contributed by atoms with Gasteiger partial charge in [-0.15, -0.1) is 11.3 Å². The normalized spacial score (nSPS) is 19.2. The predicted molar refractivity (Wildman–Crippen MR) is 55.6 cm³/mol. The van der Waals surface area contributed by atoms with Crippen LogP contribution >= 0.6 is 11.3 Å². The summed E-state index contributed by atoms with van der Waals surface area (Å²) in [5.74, 6) is 1.14. The summed E-state index contributed by atoms with van der Waals surface area (Å²) in [6, 6.07) is 1.94. The number of piperidine rings is 1. The van der Waals surface area contributed by atoms with Crippen LogP contribution in [0.25, 0.3) is 0 Å². The molecule has 1 saturated heterocycles. The van der Waals surface area contributed by atoms with Crippen LogP contribution in [0, 0.1) is 6.92 Å². The van der Waals surface area contributed by atoms with Crippen molar-refractivity contribution in [3.05, 3.63) is 15.8 Å². The Labute approximate surface area is 82.6 Å². The van der Waals surface area contributed by atoms with E-state index in [4.69, 9.17) is 0 Å². The molecule has 0 saturated carbocycles. The SMILES string of the molecule is Cc1sc(C2CCNCC2)cc1O. The van der Waals surface area contributed by atoms with E-state index in [-0.39, 0.29) is 0 Å². The maximum atomic E-state index is 9.47. The van der Waals surface area contributed by atoms with Gasteiger partial charge in [-0.05, 0) is 44.8 Å². The molecule has 0 amide bonds. The fraction of sp³-hybridized carbons (Fsp3) is 0.600. The van der Waals surface area contributed by atoms with E-state index in [9.17, 15) is 5.11 Å². The van der Waals surface area contributed by atoms with Gasteiger partial charge in [0.25, 0.3) is 0 Å². The van der Waals surface area contributed by atoms with Crippen LogP contribution in [0.5, 0.6) is 5.75 Å². The van der Waals surface area contributed by atoms with Gasteiger partial charge in [0.15, 0.2) is 0 Å². The average Bonchev–Trinajstić information content (AvgIpc) is 2.49. The van der Waals surface area contributed by atoms with Gasteiger partial charge < -0.3 is 10.4 Å². The lowest BCUT2D eigenvalue weighted by atomic mass is 9.96. The number of thiophene rings is 1. The number of aryl methyl sites for hydroxylation is 1. The van der Waals surface area contributed by atoms with Crippen LogP contribution < -0.4 is 5.32 Å². The van der Waals surface area contributed by atoms with Crippen LogP contribution in [0.1, 0.15) is 28.5 Å². The molecule has 2 rings (SSSR count). The Morgan fingerprint density at radius 2 is 2.15 bits per heavy atom. The van der Waals surface area contributed by atoms with Gasteiger partial charge in [0.1, 0.15) is 5.75 Å². The summed E-state index contributed by atoms with van der Waals surface area (Å²) >= 11 is 1.74. The summed E-state index contributed by atoms with van der Waals surface area (Å²) in [5, 5.41) is 12.8. The smallest absolute Gasteiger partial charge is 0.129 e. The molecular formula is C10H15NOS. The largest absolute Gasteiger partial charge is 0.507 e. The molecule has 3 heteroatoms. The number of hydrogen-bond acceptors (Lipinski definition) is 3. The summed E-state index contributed by atoms with van der Waals surface area (Å²) in [4.78, 5) is 2.41. The third kappa shape index (κ3) is 1.86. The maximum Gasteiger partial charge on any atom is 0.129 e. The Morgan fingerprint density at radius 3 is 2.69 bits per heavy atom. The van der Waals surface area contributed by atoms with Gasteiger partial charge in [-0.25, -0.2) is 0 Å². The summed E-state index contributed by atoms with van der Waals surface area (Å²) < 4.78 is 0. The minimum Gasteiger partial charge on any atom is -0.507 e. The molecule has 1 fully saturated rings. The van der Waals surface area contributed by atoms with Crippen LogP contribution in [0.4, 0.5) is 0 Å². The highest BCUT2D eigenvalue weighted by Gasteiger charge is 2.17. The highest BCUT2D eigenvalue weighted by Crippen LogP contribution is 2.35. The molecule has 0 bridgehead atoms. The minimum absolute atomic E-state index is 0.471. The first kappa shape index (κ1) is 9.03. The standard InChI is InChI=1S/C10H15NOS/c1-7-9(12)6-10(13-7)8-2-4-11-5-3-8/h6,8,11-12H,2-5H2,1H3. The highest BCUT2D eigenvalue weighted by molar-refractivity contribution is 7.12. The monoisotopic (exact) mass is 197 g/mol. The lowest BCUT2D eigenvalue weighted by Gasteiger charge is -2.21. The van der Waals surface area contributed by atoms with E-state index in [0.29, 0.717) is 11.7 Å². The molecule has 13 heavy (non-hydrogen) atoms. The van der Waals surface area contributed by atoms with Crippen LogP contribution in [-0.4, -0.2) is 18.2 Å². The first-order chi connectivity index (χ1) is 6.27. The first-order valence-corrected chi connectivity index (χ1v) is 5.59. The van der Waals surface area contributed by atoms with Crippen LogP contribution in [0.3, 0.4) is 0 Å². The van der Waals surface area contributed by atoms with Gasteiger partial charge in [0.2, 0.25) is 0 Å². The van der Waals surface area contributed by atoms with Crippen molar-refractivity contribution in [2.24, 2.45) is 0 Å². The second-order valence-electron chi connectivity index (χ2n) is 3.61. The molecular weight excluding hydrogens is 182 g/mol. The van der Waals surface area contributed by atoms with Crippen molar-refractivity contribution in [3.63, 3.8) is 0 Å². The molecule has 1 aliphatic heterocycles. The van der Waals surface area contributed by atoms with Gasteiger partial charge in [-0.3, -0.25) is 0 Å². The Balaban J connectivity index is 2.14. The minimum atomic E-state index is 0.471. The number of nitrogens with one attached hydrogen (secondary N) is 1. The van der Waals surface area contributed by atoms with Crippen LogP contribution in [-0.2, 0) is 0 Å². The Hall–Kier alpha value is -0.540. The van der Waals surface area contributed by atoms with Crippen molar-refractivity contribution in [1.29, 1.82) is 0 Å². The Bertz CT molecular complexity index is 270. The lowest BCUT2D eigenvalue weighted by molar-refractivity contribution is 0.458. The molecule has 2 nitrogen and oxygen atoms in total. The Morgan fingerprint density at radius 1 is 1.46 bits per heavy atom. The van der Waals surface area contributed by atoms with E-state index in [1.165, 1.54) is 17.7 Å². The third-order valence-corrected chi connectivity index (χ3v) is 3.85. The molecule has 0 aromatic carbocycles. The van der Waals surface area contributed by atoms with E-state index in [1.807, 2.05) is 13.0 Å². The zero-order chi connectivity index (χ0) is 9.26. The van der Waals surface area contributed by atoms with Crippen LogP contribution in [0.2, 0.25) is 0 Å². The van der Waals surface area contributed by atoms with Gasteiger partial charge in [0, 0.05) is 9.75 Å². The summed E-state index contributed by atoms with van der Waals surface area (Å²) in [5.41, 5.74) is 0. The lowest BCUT2D eigenvalue weighted by Crippen LogP contribution is -2.26. The van der Waals surface area contributed by atoms with Gasteiger partial charge in [-0.2, -0.15) is 0 Å². The van der Waals surface area contributed by atoms with Gasteiger partial charge in [0.05, 0.1) is 0 Å². The molecule has 0 atom stereocenters. The molecule has 1 aromatic rings. The van der Waals surface area contributed by atoms with E-state index < -0.39 is 0 Å². The maximum absolute atomic E-state index is 9.47. The van der Waals surface area contributed by atoms with Crippen molar-refractivity contribution in [2.75, 3.05) is 13.1 Å². The molecule has 2 N–H and O–H groups in total. The van der Waals surface area contributed by atoms with Gasteiger partial charge in [-0.1, -0.05) is 0 Å². The molecule has 0 radical (unpaired) electrons. The van der Waals surface area contributed by atoms with E-state index in [1.54, 1.807) is 11.3 Å². The summed E-state index contributed by atoms with van der Waals surface area (Å²) in [7, 11) is 0. The zero-order valence-electron chi connectivity index (χ0n) is 7.84. The van der Waals surface area contributed by atoms with E-state index in [2.05, 4.69) is 5.32 Å². The third-order valence-electron chi connectivity index (χ3n) is 2.65. The zero-order valence-corrected chi connectivity index (χ0v) is 8.66. The molecule has 1 aliphatic rings. The average molecular weight is 197 g/mol. The van der Waals surface area contributed by atoms with Gasteiger partial charge >= 0.3 is 0 Å². The molecule has 0 spiro atoms. The van der Waals surface area contributed by atoms with Crippen molar-refractivity contribution in [3.8, 4) is 5.75 Å². The molecule has 1 aromatic heterocycles. The van der Waals surface area contributed by atoms with Crippen molar-refractivity contribution >= 4 is 11.3 Å². The van der Waals surface area contributed by atoms with Crippen molar-refractivity contribution in [2.45, 2.75) is 25.7 Å². The summed E-state index contributed by atoms with van der Waals surface area (Å²) in [6.45, 7) is 4.20. The van der Waals surface area contributed by atoms with Crippen molar-refractivity contribution in [1.82, 2.24) is 5.32 Å². The second-order valence-corrected chi connectivity index (χ2v) is 4.90. The molecule has 0 unspecified atom stereocenters. The predicted octanol–water partition coefficient (Wildman–Crippen LogP) is 2.23. The number of hydrogen-bond donors (Lipinski definition) is 2. The number of aromatic hydroxyl groups is 1. The second kappa shape index (κ2) is 3.68. The molecule has 72 valence electrons. The first-order valence-electron chi connectivity index (χ1n) is 4.77. The topological polar surface area (TPSA) is 32.3 Å². The quantitative estimate of drug-likeness (QED) is 0.723. The summed E-state index contributed by atoms with van der Waals surface area (Å²) in [6.07, 6.45) is 2.42. The highest BCUT2D eigenvalue weighted by atomic mass is 32.1. The van der Waals surface area contributed by atoms with E-state index >= 15 is 0 Å². The molecule has 0 aliphatic carbocycles. The molecule has 2 heterocycles. The van der Waals surface area contributed by atoms with E-state index in [0.717, 1.165) is 18.0 Å². The van der Waals surface area contributed by atoms with Crippen molar-refractivity contribution < 1.29 is 5.11 Å². The van der Waals surface area contributed by atoms with Crippen LogP contribution in [0.15, 0.2) is 6.07 Å². The fourth-order valence-electron chi connectivity index (χ4n) is 1.80. The Kier molecular flexibility index (Phi) is 2.56. The fourth-order valence-corrected chi connectivity index (χ4v) is 2.89.